The second-order valence-electron chi connectivity index (χ2n) is 8.35. The number of nitrogens with zero attached hydrogens (tertiary/aromatic N) is 4. The summed E-state index contributed by atoms with van der Waals surface area (Å²) in [6.45, 7) is 6.07. The average molecular weight is 504 g/mol. The number of ether oxygens (including phenoxy) is 4. The molecular formula is C24H30ClN5O5. The molecule has 2 aliphatic rings. The van der Waals surface area contributed by atoms with Crippen LogP contribution in [0.5, 0.6) is 17.2 Å². The first-order valence-corrected chi connectivity index (χ1v) is 11.5. The van der Waals surface area contributed by atoms with Gasteiger partial charge in [0.2, 0.25) is 0 Å². The maximum Gasteiger partial charge on any atom is 0.251 e. The predicted molar refractivity (Wildman–Crippen MR) is 133 cm³/mol. The number of nitrogens with one attached hydrogen (secondary N) is 1. The highest BCUT2D eigenvalue weighted by atomic mass is 35.5. The molecule has 10 nitrogen and oxygen atoms in total. The zero-order valence-electron chi connectivity index (χ0n) is 19.6. The molecule has 3 aromatic heterocycles. The van der Waals surface area contributed by atoms with Crippen LogP contribution in [0.15, 0.2) is 41.5 Å². The lowest BCUT2D eigenvalue weighted by Crippen LogP contribution is -2.47. The fourth-order valence-electron chi connectivity index (χ4n) is 4.29. The molecule has 5 heterocycles. The minimum absolute atomic E-state index is 0. The van der Waals surface area contributed by atoms with E-state index in [2.05, 4.69) is 20.2 Å². The van der Waals surface area contributed by atoms with Gasteiger partial charge in [0.25, 0.3) is 5.56 Å². The standard InChI is InChI=1S/C24H29N5O5.ClH/c1-31-18-11-21-20(27-14-18)2-3-24(30)29(21)5-4-28-6-7-32-19(16-28)13-25-12-17-10-22-23(15-26-17)34-9-8-33-22;/h2-3,10-11,14-15,19,25H,4-9,12-13,16H2,1H3;1H. The van der Waals surface area contributed by atoms with E-state index in [9.17, 15) is 4.79 Å². The Morgan fingerprint density at radius 1 is 1.09 bits per heavy atom. The highest BCUT2D eigenvalue weighted by Gasteiger charge is 2.21. The summed E-state index contributed by atoms with van der Waals surface area (Å²) in [4.78, 5) is 23.7. The summed E-state index contributed by atoms with van der Waals surface area (Å²) >= 11 is 0. The summed E-state index contributed by atoms with van der Waals surface area (Å²) in [6.07, 6.45) is 3.44. The Hall–Kier alpha value is -2.92. The highest BCUT2D eigenvalue weighted by molar-refractivity contribution is 5.85. The molecule has 1 atom stereocenters. The molecule has 0 aromatic carbocycles. The second-order valence-corrected chi connectivity index (χ2v) is 8.35. The molecule has 1 unspecified atom stereocenters. The van der Waals surface area contributed by atoms with Crippen molar-refractivity contribution in [2.75, 3.05) is 53.1 Å². The molecule has 3 aromatic rings. The van der Waals surface area contributed by atoms with Crippen molar-refractivity contribution < 1.29 is 18.9 Å². The van der Waals surface area contributed by atoms with Gasteiger partial charge in [-0.1, -0.05) is 0 Å². The number of rotatable bonds is 8. The lowest BCUT2D eigenvalue weighted by molar-refractivity contribution is -0.0280. The first-order valence-electron chi connectivity index (χ1n) is 11.5. The molecule has 0 amide bonds. The SMILES string of the molecule is COc1cnc2ccc(=O)n(CCN3CCOC(CNCc4cc5c(cn4)OCCO5)C3)c2c1.Cl. The topological polar surface area (TPSA) is 100.0 Å². The van der Waals surface area contributed by atoms with Crippen molar-refractivity contribution >= 4 is 23.4 Å². The van der Waals surface area contributed by atoms with E-state index in [0.29, 0.717) is 51.0 Å². The Morgan fingerprint density at radius 2 is 1.94 bits per heavy atom. The number of halogens is 1. The number of fused-ring (bicyclic) bond motifs is 2. The van der Waals surface area contributed by atoms with Gasteiger partial charge in [-0.3, -0.25) is 19.7 Å². The normalized spacial score (nSPS) is 17.7. The first-order chi connectivity index (χ1) is 16.7. The van der Waals surface area contributed by atoms with Crippen molar-refractivity contribution in [3.05, 3.63) is 52.7 Å². The lowest BCUT2D eigenvalue weighted by atomic mass is 10.2. The number of pyridine rings is 3. The summed E-state index contributed by atoms with van der Waals surface area (Å²) in [7, 11) is 1.60. The van der Waals surface area contributed by atoms with Crippen molar-refractivity contribution in [3.8, 4) is 17.2 Å². The quantitative estimate of drug-likeness (QED) is 0.490. The number of morpholine rings is 1. The summed E-state index contributed by atoms with van der Waals surface area (Å²) in [5.41, 5.74) is 2.42. The van der Waals surface area contributed by atoms with Gasteiger partial charge in [0.15, 0.2) is 11.5 Å². The minimum Gasteiger partial charge on any atom is -0.495 e. The van der Waals surface area contributed by atoms with Crippen LogP contribution in [0.4, 0.5) is 0 Å². The van der Waals surface area contributed by atoms with Crippen molar-refractivity contribution in [1.29, 1.82) is 0 Å². The minimum atomic E-state index is -0.0408. The molecule has 0 saturated carbocycles. The first kappa shape index (κ1) is 25.2. The van der Waals surface area contributed by atoms with Crippen LogP contribution >= 0.6 is 12.4 Å². The molecule has 35 heavy (non-hydrogen) atoms. The van der Waals surface area contributed by atoms with Crippen molar-refractivity contribution in [1.82, 2.24) is 24.8 Å². The van der Waals surface area contributed by atoms with E-state index in [0.717, 1.165) is 42.1 Å². The number of hydrogen-bond donors (Lipinski definition) is 1. The molecular weight excluding hydrogens is 474 g/mol. The Bertz CT molecular complexity index is 1210. The van der Waals surface area contributed by atoms with Crippen LogP contribution < -0.4 is 25.1 Å². The zero-order chi connectivity index (χ0) is 23.3. The van der Waals surface area contributed by atoms with Gasteiger partial charge in [-0.05, 0) is 6.07 Å². The van der Waals surface area contributed by atoms with Crippen LogP contribution in [0.25, 0.3) is 11.0 Å². The van der Waals surface area contributed by atoms with E-state index >= 15 is 0 Å². The van der Waals surface area contributed by atoms with Gasteiger partial charge in [0.1, 0.15) is 19.0 Å². The molecule has 11 heteroatoms. The Kier molecular flexibility index (Phi) is 8.40. The van der Waals surface area contributed by atoms with Gasteiger partial charge in [-0.15, -0.1) is 12.4 Å². The second kappa shape index (κ2) is 11.7. The number of methoxy groups -OCH3 is 1. The fourth-order valence-corrected chi connectivity index (χ4v) is 4.29. The van der Waals surface area contributed by atoms with Gasteiger partial charge in [0.05, 0.1) is 48.9 Å². The molecule has 5 rings (SSSR count). The molecule has 1 fully saturated rings. The third-order valence-electron chi connectivity index (χ3n) is 6.08. The van der Waals surface area contributed by atoms with Crippen LogP contribution in [0.1, 0.15) is 5.69 Å². The van der Waals surface area contributed by atoms with E-state index in [-0.39, 0.29) is 24.1 Å². The third kappa shape index (κ3) is 6.02. The number of aromatic nitrogens is 3. The monoisotopic (exact) mass is 503 g/mol. The molecule has 1 N–H and O–H groups in total. The summed E-state index contributed by atoms with van der Waals surface area (Å²) in [5.74, 6) is 2.08. The van der Waals surface area contributed by atoms with E-state index in [4.69, 9.17) is 18.9 Å². The molecule has 0 radical (unpaired) electrons. The molecule has 0 aliphatic carbocycles. The van der Waals surface area contributed by atoms with Gasteiger partial charge in [-0.25, -0.2) is 0 Å². The lowest BCUT2D eigenvalue weighted by Gasteiger charge is -2.33. The summed E-state index contributed by atoms with van der Waals surface area (Å²) in [6, 6.07) is 7.10. The molecule has 188 valence electrons. The third-order valence-corrected chi connectivity index (χ3v) is 6.08. The maximum absolute atomic E-state index is 12.6. The average Bonchev–Trinajstić information content (AvgIpc) is 2.88. The number of hydrogen-bond acceptors (Lipinski definition) is 9. The largest absolute Gasteiger partial charge is 0.495 e. The predicted octanol–water partition coefficient (Wildman–Crippen LogP) is 1.48. The van der Waals surface area contributed by atoms with Gasteiger partial charge in [0, 0.05) is 57.5 Å². The Balaban J connectivity index is 0.00000289. The van der Waals surface area contributed by atoms with Crippen LogP contribution in [0.2, 0.25) is 0 Å². The van der Waals surface area contributed by atoms with E-state index in [1.807, 2.05) is 12.1 Å². The van der Waals surface area contributed by atoms with Crippen LogP contribution in [0, 0.1) is 0 Å². The molecule has 0 bridgehead atoms. The van der Waals surface area contributed by atoms with Gasteiger partial charge < -0.3 is 28.8 Å². The Labute approximate surface area is 209 Å². The summed E-state index contributed by atoms with van der Waals surface area (Å²) < 4.78 is 24.2. The smallest absolute Gasteiger partial charge is 0.251 e. The Morgan fingerprint density at radius 3 is 2.80 bits per heavy atom. The van der Waals surface area contributed by atoms with Crippen LogP contribution in [-0.4, -0.2) is 78.6 Å². The van der Waals surface area contributed by atoms with Crippen molar-refractivity contribution in [3.63, 3.8) is 0 Å². The molecule has 0 spiro atoms. The van der Waals surface area contributed by atoms with Crippen LogP contribution in [0.3, 0.4) is 0 Å². The highest BCUT2D eigenvalue weighted by Crippen LogP contribution is 2.29. The van der Waals surface area contributed by atoms with Gasteiger partial charge in [-0.2, -0.15) is 0 Å². The summed E-state index contributed by atoms with van der Waals surface area (Å²) in [5, 5.41) is 3.43. The zero-order valence-corrected chi connectivity index (χ0v) is 20.5. The van der Waals surface area contributed by atoms with E-state index < -0.39 is 0 Å². The fraction of sp³-hybridized carbons (Fsp3) is 0.458. The maximum atomic E-state index is 12.6. The van der Waals surface area contributed by atoms with Crippen molar-refractivity contribution in [2.24, 2.45) is 0 Å². The van der Waals surface area contributed by atoms with Gasteiger partial charge >= 0.3 is 0 Å². The molecule has 1 saturated heterocycles. The van der Waals surface area contributed by atoms with E-state index in [1.54, 1.807) is 36.2 Å². The molecule has 2 aliphatic heterocycles. The van der Waals surface area contributed by atoms with Crippen molar-refractivity contribution in [2.45, 2.75) is 19.2 Å². The van der Waals surface area contributed by atoms with E-state index in [1.165, 1.54) is 0 Å². The van der Waals surface area contributed by atoms with Crippen LogP contribution in [-0.2, 0) is 17.8 Å².